The largest absolute Gasteiger partial charge is 0.396 e. The van der Waals surface area contributed by atoms with Crippen molar-refractivity contribution < 1.29 is 9.90 Å². The zero-order valence-electron chi connectivity index (χ0n) is 11.2. The van der Waals surface area contributed by atoms with Crippen molar-refractivity contribution in [1.82, 2.24) is 0 Å². The summed E-state index contributed by atoms with van der Waals surface area (Å²) in [5.41, 5.74) is 1.95. The molecule has 0 bridgehead atoms. The number of benzene rings is 1. The molecule has 0 heterocycles. The van der Waals surface area contributed by atoms with Crippen LogP contribution in [0.3, 0.4) is 0 Å². The van der Waals surface area contributed by atoms with Crippen molar-refractivity contribution in [2.24, 2.45) is 11.8 Å². The lowest BCUT2D eigenvalue weighted by Gasteiger charge is -2.26. The van der Waals surface area contributed by atoms with E-state index in [1.807, 2.05) is 25.1 Å². The van der Waals surface area contributed by atoms with Crippen molar-refractivity contribution in [2.75, 3.05) is 11.9 Å². The van der Waals surface area contributed by atoms with E-state index in [-0.39, 0.29) is 18.4 Å². The molecule has 1 saturated carbocycles. The summed E-state index contributed by atoms with van der Waals surface area (Å²) >= 11 is 3.42. The third-order valence-corrected chi connectivity index (χ3v) is 4.42. The van der Waals surface area contributed by atoms with Gasteiger partial charge in [-0.05, 0) is 62.3 Å². The number of hydrogen-bond acceptors (Lipinski definition) is 2. The van der Waals surface area contributed by atoms with Gasteiger partial charge < -0.3 is 10.4 Å². The Balaban J connectivity index is 1.94. The standard InChI is InChI=1S/C15H20BrNO2/c1-10-8-13(16)6-7-14(10)17-15(19)12-4-2-11(9-18)3-5-12/h6-8,11-12,18H,2-5,9H2,1H3,(H,17,19). The Morgan fingerprint density at radius 2 is 2.05 bits per heavy atom. The summed E-state index contributed by atoms with van der Waals surface area (Å²) in [6, 6.07) is 5.86. The summed E-state index contributed by atoms with van der Waals surface area (Å²) in [4.78, 5) is 12.2. The molecule has 0 spiro atoms. The first-order valence-electron chi connectivity index (χ1n) is 6.78. The van der Waals surface area contributed by atoms with Crippen molar-refractivity contribution in [3.8, 4) is 0 Å². The molecule has 1 amide bonds. The highest BCUT2D eigenvalue weighted by molar-refractivity contribution is 9.10. The molecule has 2 N–H and O–H groups in total. The minimum atomic E-state index is 0.0887. The van der Waals surface area contributed by atoms with Crippen molar-refractivity contribution in [3.63, 3.8) is 0 Å². The van der Waals surface area contributed by atoms with Gasteiger partial charge in [-0.2, -0.15) is 0 Å². The quantitative estimate of drug-likeness (QED) is 0.893. The van der Waals surface area contributed by atoms with Crippen LogP contribution in [0.5, 0.6) is 0 Å². The molecule has 1 fully saturated rings. The molecule has 3 nitrogen and oxygen atoms in total. The van der Waals surface area contributed by atoms with Crippen molar-refractivity contribution in [3.05, 3.63) is 28.2 Å². The van der Waals surface area contributed by atoms with Gasteiger partial charge in [0.15, 0.2) is 0 Å². The molecule has 1 aromatic carbocycles. The predicted octanol–water partition coefficient (Wildman–Crippen LogP) is 3.49. The Morgan fingerprint density at radius 3 is 2.63 bits per heavy atom. The van der Waals surface area contributed by atoms with Crippen LogP contribution in [0.15, 0.2) is 22.7 Å². The molecule has 1 aromatic rings. The van der Waals surface area contributed by atoms with Crippen molar-refractivity contribution in [2.45, 2.75) is 32.6 Å². The summed E-state index contributed by atoms with van der Waals surface area (Å²) in [7, 11) is 0. The van der Waals surface area contributed by atoms with Gasteiger partial charge in [-0.1, -0.05) is 15.9 Å². The lowest BCUT2D eigenvalue weighted by atomic mass is 9.82. The average molecular weight is 326 g/mol. The fourth-order valence-electron chi connectivity index (χ4n) is 2.61. The number of amides is 1. The summed E-state index contributed by atoms with van der Waals surface area (Å²) in [5, 5.41) is 12.1. The molecular weight excluding hydrogens is 306 g/mol. The van der Waals surface area contributed by atoms with Crippen molar-refractivity contribution in [1.29, 1.82) is 0 Å². The van der Waals surface area contributed by atoms with E-state index < -0.39 is 0 Å². The lowest BCUT2D eigenvalue weighted by Crippen LogP contribution is -2.28. The molecule has 19 heavy (non-hydrogen) atoms. The van der Waals surface area contributed by atoms with Crippen LogP contribution in [0.25, 0.3) is 0 Å². The molecule has 0 radical (unpaired) electrons. The van der Waals surface area contributed by atoms with Gasteiger partial charge in [0, 0.05) is 22.7 Å². The van der Waals surface area contributed by atoms with Crippen LogP contribution in [0.4, 0.5) is 5.69 Å². The second-order valence-electron chi connectivity index (χ2n) is 5.35. The highest BCUT2D eigenvalue weighted by atomic mass is 79.9. The normalized spacial score (nSPS) is 23.1. The third-order valence-electron chi connectivity index (χ3n) is 3.92. The van der Waals surface area contributed by atoms with Gasteiger partial charge in [0.05, 0.1) is 0 Å². The second-order valence-corrected chi connectivity index (χ2v) is 6.26. The number of nitrogens with one attached hydrogen (secondary N) is 1. The van der Waals surface area contributed by atoms with E-state index in [2.05, 4.69) is 21.2 Å². The first kappa shape index (κ1) is 14.5. The van der Waals surface area contributed by atoms with Gasteiger partial charge in [-0.25, -0.2) is 0 Å². The first-order chi connectivity index (χ1) is 9.10. The number of carbonyl (C=O) groups is 1. The molecule has 0 atom stereocenters. The third kappa shape index (κ3) is 3.80. The molecule has 4 heteroatoms. The van der Waals surface area contributed by atoms with E-state index in [1.54, 1.807) is 0 Å². The maximum Gasteiger partial charge on any atom is 0.227 e. The van der Waals surface area contributed by atoms with Crippen LogP contribution in [-0.4, -0.2) is 17.6 Å². The number of rotatable bonds is 3. The predicted molar refractivity (Wildman–Crippen MR) is 80.0 cm³/mol. The van der Waals surface area contributed by atoms with Crippen LogP contribution in [0.1, 0.15) is 31.2 Å². The zero-order chi connectivity index (χ0) is 13.8. The molecule has 0 aromatic heterocycles. The number of halogens is 1. The summed E-state index contributed by atoms with van der Waals surface area (Å²) < 4.78 is 1.02. The molecule has 104 valence electrons. The Kier molecular flexibility index (Phi) is 4.99. The van der Waals surface area contributed by atoms with E-state index in [1.165, 1.54) is 0 Å². The number of carbonyl (C=O) groups excluding carboxylic acids is 1. The first-order valence-corrected chi connectivity index (χ1v) is 7.57. The minimum absolute atomic E-state index is 0.0887. The van der Waals surface area contributed by atoms with Gasteiger partial charge in [-0.15, -0.1) is 0 Å². The van der Waals surface area contributed by atoms with E-state index >= 15 is 0 Å². The van der Waals surface area contributed by atoms with Crippen LogP contribution in [0.2, 0.25) is 0 Å². The average Bonchev–Trinajstić information content (AvgIpc) is 2.42. The molecule has 0 saturated heterocycles. The highest BCUT2D eigenvalue weighted by Gasteiger charge is 2.26. The summed E-state index contributed by atoms with van der Waals surface area (Å²) in [6.45, 7) is 2.24. The molecule has 0 unspecified atom stereocenters. The lowest BCUT2D eigenvalue weighted by molar-refractivity contribution is -0.121. The van der Waals surface area contributed by atoms with E-state index in [4.69, 9.17) is 5.11 Å². The van der Waals surface area contributed by atoms with Crippen LogP contribution in [-0.2, 0) is 4.79 Å². The number of anilines is 1. The SMILES string of the molecule is Cc1cc(Br)ccc1NC(=O)C1CCC(CO)CC1. The highest BCUT2D eigenvalue weighted by Crippen LogP contribution is 2.30. The Labute approximate surface area is 122 Å². The Morgan fingerprint density at radius 1 is 1.37 bits per heavy atom. The molecule has 2 rings (SSSR count). The van der Waals surface area contributed by atoms with Gasteiger partial charge >= 0.3 is 0 Å². The van der Waals surface area contributed by atoms with Crippen LogP contribution in [0, 0.1) is 18.8 Å². The fourth-order valence-corrected chi connectivity index (χ4v) is 3.08. The van der Waals surface area contributed by atoms with E-state index in [9.17, 15) is 4.79 Å². The van der Waals surface area contributed by atoms with Gasteiger partial charge in [-0.3, -0.25) is 4.79 Å². The second kappa shape index (κ2) is 6.53. The van der Waals surface area contributed by atoms with E-state index in [0.717, 1.165) is 41.4 Å². The van der Waals surface area contributed by atoms with Crippen LogP contribution < -0.4 is 5.32 Å². The summed E-state index contributed by atoms with van der Waals surface area (Å²) in [6.07, 6.45) is 3.67. The number of aliphatic hydroxyl groups excluding tert-OH is 1. The molecule has 1 aliphatic rings. The van der Waals surface area contributed by atoms with Crippen molar-refractivity contribution >= 4 is 27.5 Å². The number of hydrogen-bond donors (Lipinski definition) is 2. The summed E-state index contributed by atoms with van der Waals surface area (Å²) in [5.74, 6) is 0.589. The smallest absolute Gasteiger partial charge is 0.227 e. The number of aliphatic hydroxyl groups is 1. The number of aryl methyl sites for hydroxylation is 1. The molecule has 0 aliphatic heterocycles. The fraction of sp³-hybridized carbons (Fsp3) is 0.533. The molecule has 1 aliphatic carbocycles. The Hall–Kier alpha value is -0.870. The van der Waals surface area contributed by atoms with Gasteiger partial charge in [0.1, 0.15) is 0 Å². The maximum absolute atomic E-state index is 12.2. The minimum Gasteiger partial charge on any atom is -0.396 e. The van der Waals surface area contributed by atoms with E-state index in [0.29, 0.717) is 5.92 Å². The molecular formula is C15H20BrNO2. The van der Waals surface area contributed by atoms with Gasteiger partial charge in [0.2, 0.25) is 5.91 Å². The Bertz CT molecular complexity index is 453. The zero-order valence-corrected chi connectivity index (χ0v) is 12.7. The van der Waals surface area contributed by atoms with Crippen LogP contribution >= 0.6 is 15.9 Å². The maximum atomic E-state index is 12.2. The van der Waals surface area contributed by atoms with Gasteiger partial charge in [0.25, 0.3) is 0 Å². The topological polar surface area (TPSA) is 49.3 Å². The monoisotopic (exact) mass is 325 g/mol.